The number of furan rings is 1. The van der Waals surface area contributed by atoms with Gasteiger partial charge in [0.05, 0.1) is 13.4 Å². The molecule has 0 bridgehead atoms. The highest BCUT2D eigenvalue weighted by atomic mass is 35.5. The summed E-state index contributed by atoms with van der Waals surface area (Å²) in [6.45, 7) is 0.752. The van der Waals surface area contributed by atoms with Crippen molar-refractivity contribution in [2.45, 2.75) is 12.3 Å². The lowest BCUT2D eigenvalue weighted by molar-refractivity contribution is 0.410. The number of fused-ring (bicyclic) bond motifs is 1. The number of benzene rings is 1. The van der Waals surface area contributed by atoms with E-state index in [1.165, 1.54) is 10.9 Å². The first-order valence-corrected chi connectivity index (χ1v) is 5.59. The summed E-state index contributed by atoms with van der Waals surface area (Å²) in [5.74, 6) is 2.10. The highest BCUT2D eigenvalue weighted by Gasteiger charge is 2.40. The molecule has 0 unspecified atom stereocenters. The predicted octanol–water partition coefficient (Wildman–Crippen LogP) is 2.93. The molecular formula is C13H16ClNO2. The fourth-order valence-corrected chi connectivity index (χ4v) is 2.47. The molecule has 0 amide bonds. The predicted molar refractivity (Wildman–Crippen MR) is 69.9 cm³/mol. The van der Waals surface area contributed by atoms with Gasteiger partial charge in [0.15, 0.2) is 0 Å². The van der Waals surface area contributed by atoms with Crippen LogP contribution in [0.3, 0.4) is 0 Å². The zero-order valence-corrected chi connectivity index (χ0v) is 10.5. The van der Waals surface area contributed by atoms with Gasteiger partial charge < -0.3 is 14.9 Å². The molecule has 2 aromatic rings. The third-order valence-corrected chi connectivity index (χ3v) is 3.45. The Morgan fingerprint density at radius 2 is 2.24 bits per heavy atom. The van der Waals surface area contributed by atoms with Crippen LogP contribution in [0.4, 0.5) is 0 Å². The smallest absolute Gasteiger partial charge is 0.134 e. The third-order valence-electron chi connectivity index (χ3n) is 3.45. The Bertz CT molecular complexity index is 523. The van der Waals surface area contributed by atoms with E-state index in [4.69, 9.17) is 14.9 Å². The third kappa shape index (κ3) is 1.90. The monoisotopic (exact) mass is 253 g/mol. The highest BCUT2D eigenvalue weighted by molar-refractivity contribution is 5.85. The van der Waals surface area contributed by atoms with Crippen LogP contribution in [-0.2, 0) is 0 Å². The van der Waals surface area contributed by atoms with Crippen molar-refractivity contribution >= 4 is 23.4 Å². The first-order valence-electron chi connectivity index (χ1n) is 5.59. The molecule has 1 heterocycles. The van der Waals surface area contributed by atoms with Gasteiger partial charge in [0.25, 0.3) is 0 Å². The molecule has 0 aliphatic heterocycles. The summed E-state index contributed by atoms with van der Waals surface area (Å²) >= 11 is 0. The van der Waals surface area contributed by atoms with Crippen LogP contribution in [0.15, 0.2) is 28.9 Å². The fourth-order valence-electron chi connectivity index (χ4n) is 2.47. The number of methoxy groups -OCH3 is 1. The fraction of sp³-hybridized carbons (Fsp3) is 0.385. The second-order valence-corrected chi connectivity index (χ2v) is 4.35. The lowest BCUT2D eigenvalue weighted by Crippen LogP contribution is -2.02. The average molecular weight is 254 g/mol. The zero-order chi connectivity index (χ0) is 11.1. The molecule has 2 N–H and O–H groups in total. The van der Waals surface area contributed by atoms with Gasteiger partial charge in [0.1, 0.15) is 11.3 Å². The molecule has 1 aromatic heterocycles. The number of nitrogens with two attached hydrogens (primary N) is 1. The van der Waals surface area contributed by atoms with E-state index in [1.54, 1.807) is 13.4 Å². The normalized spacial score (nSPS) is 22.2. The van der Waals surface area contributed by atoms with Crippen LogP contribution in [0, 0.1) is 5.92 Å². The first-order chi connectivity index (χ1) is 7.85. The van der Waals surface area contributed by atoms with Crippen molar-refractivity contribution in [3.63, 3.8) is 0 Å². The van der Waals surface area contributed by atoms with Crippen molar-refractivity contribution in [1.29, 1.82) is 0 Å². The minimum Gasteiger partial charge on any atom is -0.496 e. The van der Waals surface area contributed by atoms with Crippen LogP contribution in [0.2, 0.25) is 0 Å². The molecule has 1 fully saturated rings. The molecule has 92 valence electrons. The Kier molecular flexibility index (Phi) is 3.31. The minimum atomic E-state index is 0. The minimum absolute atomic E-state index is 0. The van der Waals surface area contributed by atoms with Gasteiger partial charge in [-0.15, -0.1) is 12.4 Å². The van der Waals surface area contributed by atoms with Crippen molar-refractivity contribution in [2.75, 3.05) is 13.7 Å². The Balaban J connectivity index is 0.00000108. The summed E-state index contributed by atoms with van der Waals surface area (Å²) in [7, 11) is 1.71. The number of halogens is 1. The van der Waals surface area contributed by atoms with E-state index >= 15 is 0 Å². The molecule has 2 atom stereocenters. The molecule has 1 aromatic carbocycles. The maximum Gasteiger partial charge on any atom is 0.134 e. The van der Waals surface area contributed by atoms with Crippen LogP contribution in [0.25, 0.3) is 11.0 Å². The van der Waals surface area contributed by atoms with Gasteiger partial charge in [0.2, 0.25) is 0 Å². The average Bonchev–Trinajstić information content (AvgIpc) is 2.94. The second-order valence-electron chi connectivity index (χ2n) is 4.35. The lowest BCUT2D eigenvalue weighted by Gasteiger charge is -2.08. The van der Waals surface area contributed by atoms with Gasteiger partial charge in [-0.2, -0.15) is 0 Å². The van der Waals surface area contributed by atoms with Gasteiger partial charge in [-0.3, -0.25) is 0 Å². The van der Waals surface area contributed by atoms with Crippen LogP contribution in [-0.4, -0.2) is 13.7 Å². The van der Waals surface area contributed by atoms with E-state index in [0.29, 0.717) is 11.8 Å². The molecule has 4 heteroatoms. The Morgan fingerprint density at radius 3 is 2.88 bits per heavy atom. The number of hydrogen-bond donors (Lipinski definition) is 1. The van der Waals surface area contributed by atoms with E-state index in [0.717, 1.165) is 24.3 Å². The summed E-state index contributed by atoms with van der Waals surface area (Å²) in [5, 5.41) is 1.17. The molecule has 3 nitrogen and oxygen atoms in total. The molecule has 17 heavy (non-hydrogen) atoms. The first kappa shape index (κ1) is 12.3. The van der Waals surface area contributed by atoms with Crippen LogP contribution < -0.4 is 10.5 Å². The van der Waals surface area contributed by atoms with Gasteiger partial charge in [-0.25, -0.2) is 0 Å². The SMILES string of the molecule is COc1ccc2occc2c1[C@H]1C[C@@H]1CN.Cl. The molecular weight excluding hydrogens is 238 g/mol. The van der Waals surface area contributed by atoms with Gasteiger partial charge in [0, 0.05) is 10.9 Å². The van der Waals surface area contributed by atoms with E-state index in [9.17, 15) is 0 Å². The van der Waals surface area contributed by atoms with E-state index in [-0.39, 0.29) is 12.4 Å². The van der Waals surface area contributed by atoms with Crippen LogP contribution >= 0.6 is 12.4 Å². The maximum absolute atomic E-state index is 5.71. The summed E-state index contributed by atoms with van der Waals surface area (Å²) in [5.41, 5.74) is 7.91. The second kappa shape index (κ2) is 4.59. The molecule has 0 spiro atoms. The van der Waals surface area contributed by atoms with Crippen molar-refractivity contribution < 1.29 is 9.15 Å². The summed E-state index contributed by atoms with van der Waals surface area (Å²) in [6.07, 6.45) is 2.89. The zero-order valence-electron chi connectivity index (χ0n) is 9.68. The quantitative estimate of drug-likeness (QED) is 0.915. The van der Waals surface area contributed by atoms with Gasteiger partial charge >= 0.3 is 0 Å². The van der Waals surface area contributed by atoms with Crippen molar-refractivity contribution in [1.82, 2.24) is 0 Å². The summed E-state index contributed by atoms with van der Waals surface area (Å²) in [4.78, 5) is 0. The molecule has 0 radical (unpaired) electrons. The number of ether oxygens (including phenoxy) is 1. The standard InChI is InChI=1S/C13H15NO2.ClH/c1-15-12-3-2-11-9(4-5-16-11)13(12)10-6-8(10)7-14;/h2-5,8,10H,6-7,14H2,1H3;1H/t8-,10+;/m1./s1. The summed E-state index contributed by atoms with van der Waals surface area (Å²) < 4.78 is 10.9. The van der Waals surface area contributed by atoms with E-state index < -0.39 is 0 Å². The van der Waals surface area contributed by atoms with Crippen molar-refractivity contribution in [2.24, 2.45) is 11.7 Å². The Morgan fingerprint density at radius 1 is 1.41 bits per heavy atom. The van der Waals surface area contributed by atoms with Crippen molar-refractivity contribution in [3.05, 3.63) is 30.0 Å². The van der Waals surface area contributed by atoms with Crippen LogP contribution in [0.1, 0.15) is 17.9 Å². The molecule has 0 saturated heterocycles. The Hall–Kier alpha value is -1.19. The highest BCUT2D eigenvalue weighted by Crippen LogP contribution is 2.52. The molecule has 3 rings (SSSR count). The largest absolute Gasteiger partial charge is 0.496 e. The Labute approximate surface area is 106 Å². The number of rotatable bonds is 3. The molecule has 1 aliphatic carbocycles. The molecule has 1 saturated carbocycles. The lowest BCUT2D eigenvalue weighted by atomic mass is 10.0. The molecule has 1 aliphatic rings. The van der Waals surface area contributed by atoms with E-state index in [2.05, 4.69) is 0 Å². The summed E-state index contributed by atoms with van der Waals surface area (Å²) in [6, 6.07) is 5.95. The maximum atomic E-state index is 5.71. The topological polar surface area (TPSA) is 48.4 Å². The van der Waals surface area contributed by atoms with Gasteiger partial charge in [-0.1, -0.05) is 0 Å². The number of hydrogen-bond acceptors (Lipinski definition) is 3. The van der Waals surface area contributed by atoms with E-state index in [1.807, 2.05) is 18.2 Å². The van der Waals surface area contributed by atoms with Crippen molar-refractivity contribution in [3.8, 4) is 5.75 Å². The van der Waals surface area contributed by atoms with Crippen LogP contribution in [0.5, 0.6) is 5.75 Å². The van der Waals surface area contributed by atoms with Gasteiger partial charge in [-0.05, 0) is 43.0 Å².